The first-order valence-corrected chi connectivity index (χ1v) is 8.87. The second-order valence-corrected chi connectivity index (χ2v) is 6.53. The number of amides is 1. The summed E-state index contributed by atoms with van der Waals surface area (Å²) in [5.74, 6) is -1.20. The van der Waals surface area contributed by atoms with Crippen LogP contribution in [0.3, 0.4) is 0 Å². The molecule has 0 saturated carbocycles. The summed E-state index contributed by atoms with van der Waals surface area (Å²) in [4.78, 5) is 34.2. The highest BCUT2D eigenvalue weighted by molar-refractivity contribution is 6.33. The van der Waals surface area contributed by atoms with Crippen molar-refractivity contribution in [3.8, 4) is 0 Å². The Morgan fingerprint density at radius 1 is 1.38 bits per heavy atom. The van der Waals surface area contributed by atoms with Crippen molar-refractivity contribution < 1.29 is 19.2 Å². The van der Waals surface area contributed by atoms with Crippen molar-refractivity contribution in [1.29, 1.82) is 0 Å². The van der Waals surface area contributed by atoms with Gasteiger partial charge in [0.05, 0.1) is 15.5 Å². The number of halogens is 1. The average molecular weight is 381 g/mol. The minimum Gasteiger partial charge on any atom is -0.449 e. The maximum absolute atomic E-state index is 12.1. The third-order valence-corrected chi connectivity index (χ3v) is 4.48. The van der Waals surface area contributed by atoms with Gasteiger partial charge < -0.3 is 10.1 Å². The summed E-state index contributed by atoms with van der Waals surface area (Å²) in [6, 6.07) is 3.44. The Hall–Kier alpha value is -2.41. The third-order valence-electron chi connectivity index (χ3n) is 4.17. The van der Waals surface area contributed by atoms with E-state index in [-0.39, 0.29) is 16.3 Å². The van der Waals surface area contributed by atoms with E-state index < -0.39 is 22.9 Å². The molecule has 7 nitrogen and oxygen atoms in total. The van der Waals surface area contributed by atoms with Crippen LogP contribution in [0.1, 0.15) is 49.4 Å². The molecule has 0 aliphatic heterocycles. The predicted octanol–water partition coefficient (Wildman–Crippen LogP) is 3.80. The van der Waals surface area contributed by atoms with E-state index in [2.05, 4.69) is 11.4 Å². The molecule has 0 saturated heterocycles. The number of allylic oxidation sites excluding steroid dienone is 1. The van der Waals surface area contributed by atoms with Gasteiger partial charge in [0.2, 0.25) is 0 Å². The summed E-state index contributed by atoms with van der Waals surface area (Å²) in [7, 11) is 0. The van der Waals surface area contributed by atoms with Crippen LogP contribution in [0.2, 0.25) is 5.02 Å². The molecular weight excluding hydrogens is 360 g/mol. The van der Waals surface area contributed by atoms with Crippen LogP contribution in [-0.4, -0.2) is 29.4 Å². The Kier molecular flexibility index (Phi) is 7.15. The Morgan fingerprint density at radius 2 is 2.15 bits per heavy atom. The van der Waals surface area contributed by atoms with Crippen molar-refractivity contribution in [2.75, 3.05) is 6.54 Å². The number of benzene rings is 1. The van der Waals surface area contributed by atoms with E-state index in [4.69, 9.17) is 16.3 Å². The van der Waals surface area contributed by atoms with Crippen molar-refractivity contribution in [3.63, 3.8) is 0 Å². The van der Waals surface area contributed by atoms with Gasteiger partial charge in [-0.2, -0.15) is 0 Å². The molecule has 1 N–H and O–H groups in total. The first-order chi connectivity index (χ1) is 12.4. The molecule has 1 aliphatic carbocycles. The zero-order chi connectivity index (χ0) is 19.1. The van der Waals surface area contributed by atoms with Gasteiger partial charge in [0.25, 0.3) is 11.6 Å². The molecule has 1 aliphatic rings. The maximum Gasteiger partial charge on any atom is 0.340 e. The summed E-state index contributed by atoms with van der Waals surface area (Å²) >= 11 is 5.89. The molecule has 1 atom stereocenters. The number of nitrogens with one attached hydrogen (secondary N) is 1. The molecule has 0 heterocycles. The standard InChI is InChI=1S/C18H21ClN2O5/c1-12(17(22)20-10-9-13-5-3-2-4-6-13)26-18(23)15-8-7-14(21(24)25)11-16(15)19/h5,7-8,11-12H,2-4,6,9-10H2,1H3,(H,20,22). The van der Waals surface area contributed by atoms with Gasteiger partial charge in [-0.1, -0.05) is 23.3 Å². The minimum atomic E-state index is -0.992. The van der Waals surface area contributed by atoms with Gasteiger partial charge in [0, 0.05) is 18.7 Å². The van der Waals surface area contributed by atoms with Gasteiger partial charge >= 0.3 is 5.97 Å². The summed E-state index contributed by atoms with van der Waals surface area (Å²) < 4.78 is 5.10. The van der Waals surface area contributed by atoms with Crippen LogP contribution >= 0.6 is 11.6 Å². The van der Waals surface area contributed by atoms with E-state index in [0.29, 0.717) is 6.54 Å². The fourth-order valence-electron chi connectivity index (χ4n) is 2.68. The van der Waals surface area contributed by atoms with Crippen molar-refractivity contribution in [2.24, 2.45) is 0 Å². The van der Waals surface area contributed by atoms with Gasteiger partial charge in [0.1, 0.15) is 0 Å². The molecule has 8 heteroatoms. The maximum atomic E-state index is 12.1. The van der Waals surface area contributed by atoms with Crippen LogP contribution < -0.4 is 5.32 Å². The first-order valence-electron chi connectivity index (χ1n) is 8.49. The molecule has 2 rings (SSSR count). The smallest absolute Gasteiger partial charge is 0.340 e. The molecule has 1 aromatic carbocycles. The van der Waals surface area contributed by atoms with Crippen LogP contribution in [0.25, 0.3) is 0 Å². The Bertz CT molecular complexity index is 732. The molecular formula is C18H21ClN2O5. The molecule has 26 heavy (non-hydrogen) atoms. The lowest BCUT2D eigenvalue weighted by Crippen LogP contribution is -2.36. The summed E-state index contributed by atoms with van der Waals surface area (Å²) in [5.41, 5.74) is 1.09. The number of hydrogen-bond donors (Lipinski definition) is 1. The van der Waals surface area contributed by atoms with Gasteiger partial charge in [-0.05, 0) is 45.1 Å². The van der Waals surface area contributed by atoms with Crippen LogP contribution in [0.5, 0.6) is 0 Å². The minimum absolute atomic E-state index is 0.0238. The van der Waals surface area contributed by atoms with Crippen LogP contribution in [0, 0.1) is 10.1 Å². The zero-order valence-corrected chi connectivity index (χ0v) is 15.3. The van der Waals surface area contributed by atoms with Gasteiger partial charge in [-0.25, -0.2) is 4.79 Å². The van der Waals surface area contributed by atoms with E-state index in [9.17, 15) is 19.7 Å². The number of nitrogens with zero attached hydrogens (tertiary/aromatic N) is 1. The van der Waals surface area contributed by atoms with Gasteiger partial charge in [0.15, 0.2) is 6.10 Å². The number of rotatable bonds is 7. The van der Waals surface area contributed by atoms with Crippen molar-refractivity contribution in [2.45, 2.75) is 45.1 Å². The molecule has 1 amide bonds. The number of hydrogen-bond acceptors (Lipinski definition) is 5. The molecule has 0 fully saturated rings. The number of carbonyl (C=O) groups is 2. The molecule has 0 spiro atoms. The Morgan fingerprint density at radius 3 is 2.77 bits per heavy atom. The number of esters is 1. The Labute approximate surface area is 156 Å². The third kappa shape index (κ3) is 5.56. The van der Waals surface area contributed by atoms with Crippen LogP contribution in [-0.2, 0) is 9.53 Å². The highest BCUT2D eigenvalue weighted by Gasteiger charge is 2.21. The fraction of sp³-hybridized carbons (Fsp3) is 0.444. The monoisotopic (exact) mass is 380 g/mol. The normalized spacial score (nSPS) is 14.9. The summed E-state index contributed by atoms with van der Waals surface area (Å²) in [5, 5.41) is 13.3. The lowest BCUT2D eigenvalue weighted by molar-refractivity contribution is -0.384. The topological polar surface area (TPSA) is 98.5 Å². The second-order valence-electron chi connectivity index (χ2n) is 6.12. The van der Waals surface area contributed by atoms with Crippen LogP contribution in [0.15, 0.2) is 29.8 Å². The SMILES string of the molecule is CC(OC(=O)c1ccc([N+](=O)[O-])cc1Cl)C(=O)NCCC1=CCCCC1. The molecule has 0 radical (unpaired) electrons. The number of ether oxygens (including phenoxy) is 1. The van der Waals surface area contributed by atoms with Gasteiger partial charge in [-0.3, -0.25) is 14.9 Å². The second kappa shape index (κ2) is 9.33. The fourth-order valence-corrected chi connectivity index (χ4v) is 2.93. The highest BCUT2D eigenvalue weighted by atomic mass is 35.5. The average Bonchev–Trinajstić information content (AvgIpc) is 2.62. The van der Waals surface area contributed by atoms with Crippen LogP contribution in [0.4, 0.5) is 5.69 Å². The molecule has 1 aromatic rings. The molecule has 0 bridgehead atoms. The van der Waals surface area contributed by atoms with E-state index in [1.165, 1.54) is 31.4 Å². The number of non-ortho nitro benzene ring substituents is 1. The summed E-state index contributed by atoms with van der Waals surface area (Å²) in [6.07, 6.45) is 6.58. The summed E-state index contributed by atoms with van der Waals surface area (Å²) in [6.45, 7) is 1.96. The molecule has 0 aromatic heterocycles. The van der Waals surface area contributed by atoms with E-state index in [0.717, 1.165) is 31.4 Å². The lowest BCUT2D eigenvalue weighted by Gasteiger charge is -2.16. The quantitative estimate of drug-likeness (QED) is 0.335. The predicted molar refractivity (Wildman–Crippen MR) is 97.2 cm³/mol. The first kappa shape index (κ1) is 19.9. The highest BCUT2D eigenvalue weighted by Crippen LogP contribution is 2.23. The van der Waals surface area contributed by atoms with Gasteiger partial charge in [-0.15, -0.1) is 0 Å². The van der Waals surface area contributed by atoms with E-state index in [1.54, 1.807) is 0 Å². The number of nitro benzene ring substituents is 1. The number of nitro groups is 1. The van der Waals surface area contributed by atoms with E-state index >= 15 is 0 Å². The van der Waals surface area contributed by atoms with Crippen molar-refractivity contribution in [1.82, 2.24) is 5.32 Å². The Balaban J connectivity index is 1.84. The largest absolute Gasteiger partial charge is 0.449 e. The van der Waals surface area contributed by atoms with Crippen molar-refractivity contribution in [3.05, 3.63) is 50.5 Å². The van der Waals surface area contributed by atoms with Crippen molar-refractivity contribution >= 4 is 29.2 Å². The molecule has 1 unspecified atom stereocenters. The number of carbonyl (C=O) groups excluding carboxylic acids is 2. The van der Waals surface area contributed by atoms with E-state index in [1.807, 2.05) is 0 Å². The zero-order valence-electron chi connectivity index (χ0n) is 14.5. The lowest BCUT2D eigenvalue weighted by atomic mass is 9.97. The molecule has 140 valence electrons.